The van der Waals surface area contributed by atoms with Crippen molar-refractivity contribution in [3.8, 4) is 23.5 Å². The van der Waals surface area contributed by atoms with Crippen LogP contribution in [0.1, 0.15) is 43.2 Å². The smallest absolute Gasteiger partial charge is 0.407 e. The number of fused-ring (bicyclic) bond motifs is 3. The number of ether oxygens (including phenoxy) is 1. The van der Waals surface area contributed by atoms with Crippen LogP contribution in [0.15, 0.2) is 48.5 Å². The fourth-order valence-corrected chi connectivity index (χ4v) is 3.58. The SMILES string of the molecule is C#CCCC[C@](C)(C=O)NC(=O)OCC1c2ccccc2-c2ccccc21. The number of amides is 1. The van der Waals surface area contributed by atoms with Crippen LogP contribution in [0.4, 0.5) is 4.79 Å². The Hall–Kier alpha value is -3.06. The zero-order chi connectivity index (χ0) is 19.3. The lowest BCUT2D eigenvalue weighted by Gasteiger charge is -2.24. The minimum Gasteiger partial charge on any atom is -0.449 e. The lowest BCUT2D eigenvalue weighted by molar-refractivity contribution is -0.113. The normalized spacial score (nSPS) is 14.4. The Balaban J connectivity index is 1.67. The van der Waals surface area contributed by atoms with E-state index in [9.17, 15) is 9.59 Å². The number of terminal acetylenes is 1. The number of benzene rings is 2. The average molecular weight is 361 g/mol. The topological polar surface area (TPSA) is 55.4 Å². The van der Waals surface area contributed by atoms with Gasteiger partial charge < -0.3 is 14.8 Å². The monoisotopic (exact) mass is 361 g/mol. The summed E-state index contributed by atoms with van der Waals surface area (Å²) in [7, 11) is 0. The predicted octanol–water partition coefficient (Wildman–Crippen LogP) is 4.29. The van der Waals surface area contributed by atoms with E-state index in [2.05, 4.69) is 35.5 Å². The highest BCUT2D eigenvalue weighted by molar-refractivity contribution is 5.79. The maximum Gasteiger partial charge on any atom is 0.407 e. The van der Waals surface area contributed by atoms with E-state index in [0.29, 0.717) is 19.3 Å². The molecule has 4 nitrogen and oxygen atoms in total. The Labute approximate surface area is 159 Å². The molecule has 2 aromatic carbocycles. The molecule has 138 valence electrons. The Bertz CT molecular complexity index is 838. The summed E-state index contributed by atoms with van der Waals surface area (Å²) in [5.74, 6) is 2.53. The number of carbonyl (C=O) groups excluding carboxylic acids is 2. The van der Waals surface area contributed by atoms with Crippen LogP contribution in [0, 0.1) is 12.3 Å². The molecule has 0 saturated heterocycles. The van der Waals surface area contributed by atoms with Gasteiger partial charge in [0.2, 0.25) is 0 Å². The summed E-state index contributed by atoms with van der Waals surface area (Å²) in [5, 5.41) is 2.68. The molecule has 0 saturated carbocycles. The molecule has 27 heavy (non-hydrogen) atoms. The molecule has 0 radical (unpaired) electrons. The molecule has 0 aliphatic heterocycles. The highest BCUT2D eigenvalue weighted by Gasteiger charge is 2.30. The number of nitrogens with one attached hydrogen (secondary N) is 1. The van der Waals surface area contributed by atoms with Crippen molar-refractivity contribution >= 4 is 12.4 Å². The van der Waals surface area contributed by atoms with Gasteiger partial charge in [-0.05, 0) is 42.0 Å². The van der Waals surface area contributed by atoms with Crippen LogP contribution >= 0.6 is 0 Å². The summed E-state index contributed by atoms with van der Waals surface area (Å²) in [6, 6.07) is 16.3. The summed E-state index contributed by atoms with van der Waals surface area (Å²) in [6.07, 6.45) is 7.10. The molecule has 1 aliphatic carbocycles. The van der Waals surface area contributed by atoms with Gasteiger partial charge in [-0.25, -0.2) is 4.79 Å². The van der Waals surface area contributed by atoms with Gasteiger partial charge in [0.05, 0.1) is 5.54 Å². The standard InChI is InChI=1S/C23H23NO3/c1-3-4-9-14-23(2,16-25)24-22(26)27-15-21-19-12-7-5-10-17(19)18-11-6-8-13-20(18)21/h1,5-8,10-13,16,21H,4,9,14-15H2,2H3,(H,24,26)/t23-/m1/s1. The van der Waals surface area contributed by atoms with Gasteiger partial charge in [-0.1, -0.05) is 48.5 Å². The summed E-state index contributed by atoms with van der Waals surface area (Å²) in [5.41, 5.74) is 3.68. The molecule has 3 rings (SSSR count). The number of hydrogen-bond acceptors (Lipinski definition) is 3. The van der Waals surface area contributed by atoms with Gasteiger partial charge in [0.15, 0.2) is 0 Å². The van der Waals surface area contributed by atoms with Crippen molar-refractivity contribution in [2.24, 2.45) is 0 Å². The van der Waals surface area contributed by atoms with Crippen LogP contribution in [0.25, 0.3) is 11.1 Å². The molecule has 1 atom stereocenters. The molecule has 0 spiro atoms. The van der Waals surface area contributed by atoms with Crippen LogP contribution in [0.3, 0.4) is 0 Å². The van der Waals surface area contributed by atoms with Gasteiger partial charge in [0, 0.05) is 12.3 Å². The largest absolute Gasteiger partial charge is 0.449 e. The van der Waals surface area contributed by atoms with E-state index in [1.807, 2.05) is 24.3 Å². The first kappa shape index (κ1) is 18.7. The molecule has 0 bridgehead atoms. The molecule has 1 aliphatic rings. The molecule has 2 aromatic rings. The maximum atomic E-state index is 12.3. The van der Waals surface area contributed by atoms with Crippen LogP contribution in [-0.2, 0) is 9.53 Å². The predicted molar refractivity (Wildman–Crippen MR) is 105 cm³/mol. The van der Waals surface area contributed by atoms with Gasteiger partial charge in [-0.3, -0.25) is 0 Å². The molecular weight excluding hydrogens is 338 g/mol. The van der Waals surface area contributed by atoms with Crippen molar-refractivity contribution in [2.75, 3.05) is 6.61 Å². The Morgan fingerprint density at radius 1 is 1.19 bits per heavy atom. The van der Waals surface area contributed by atoms with Gasteiger partial charge >= 0.3 is 6.09 Å². The number of rotatable bonds is 7. The number of carbonyl (C=O) groups is 2. The van der Waals surface area contributed by atoms with E-state index in [-0.39, 0.29) is 12.5 Å². The first-order valence-electron chi connectivity index (χ1n) is 9.11. The van der Waals surface area contributed by atoms with Crippen molar-refractivity contribution in [1.82, 2.24) is 5.32 Å². The number of hydrogen-bond donors (Lipinski definition) is 1. The van der Waals surface area contributed by atoms with Gasteiger partial charge in [0.1, 0.15) is 12.9 Å². The number of aldehydes is 1. The van der Waals surface area contributed by atoms with Crippen LogP contribution < -0.4 is 5.32 Å². The Morgan fingerprint density at radius 3 is 2.33 bits per heavy atom. The highest BCUT2D eigenvalue weighted by Crippen LogP contribution is 2.44. The van der Waals surface area contributed by atoms with Crippen LogP contribution in [0.2, 0.25) is 0 Å². The van der Waals surface area contributed by atoms with Crippen molar-refractivity contribution in [1.29, 1.82) is 0 Å². The summed E-state index contributed by atoms with van der Waals surface area (Å²) in [6.45, 7) is 1.90. The minimum absolute atomic E-state index is 0.00734. The Kier molecular flexibility index (Phi) is 5.61. The summed E-state index contributed by atoms with van der Waals surface area (Å²) < 4.78 is 5.49. The van der Waals surface area contributed by atoms with E-state index in [4.69, 9.17) is 11.2 Å². The van der Waals surface area contributed by atoms with E-state index in [1.54, 1.807) is 6.92 Å². The van der Waals surface area contributed by atoms with Crippen molar-refractivity contribution in [2.45, 2.75) is 37.6 Å². The van der Waals surface area contributed by atoms with Crippen LogP contribution in [-0.4, -0.2) is 24.5 Å². The zero-order valence-corrected chi connectivity index (χ0v) is 15.4. The second-order valence-corrected chi connectivity index (χ2v) is 7.04. The van der Waals surface area contributed by atoms with Gasteiger partial charge in [0.25, 0.3) is 0 Å². The molecular formula is C23H23NO3. The average Bonchev–Trinajstić information content (AvgIpc) is 3.00. The molecule has 0 fully saturated rings. The van der Waals surface area contributed by atoms with Gasteiger partial charge in [-0.15, -0.1) is 12.3 Å². The molecule has 1 N–H and O–H groups in total. The quantitative estimate of drug-likeness (QED) is 0.455. The van der Waals surface area contributed by atoms with Gasteiger partial charge in [-0.2, -0.15) is 0 Å². The fraction of sp³-hybridized carbons (Fsp3) is 0.304. The van der Waals surface area contributed by atoms with Crippen molar-refractivity contribution < 1.29 is 14.3 Å². The molecule has 0 aromatic heterocycles. The highest BCUT2D eigenvalue weighted by atomic mass is 16.5. The second kappa shape index (κ2) is 8.09. The van der Waals surface area contributed by atoms with Crippen molar-refractivity contribution in [3.63, 3.8) is 0 Å². The lowest BCUT2D eigenvalue weighted by atomic mass is 9.97. The third-order valence-corrected chi connectivity index (χ3v) is 5.01. The van der Waals surface area contributed by atoms with E-state index >= 15 is 0 Å². The number of alkyl carbamates (subject to hydrolysis) is 1. The van der Waals surface area contributed by atoms with E-state index in [1.165, 1.54) is 11.1 Å². The van der Waals surface area contributed by atoms with E-state index < -0.39 is 11.6 Å². The maximum absolute atomic E-state index is 12.3. The third-order valence-electron chi connectivity index (χ3n) is 5.01. The van der Waals surface area contributed by atoms with E-state index in [0.717, 1.165) is 17.4 Å². The Morgan fingerprint density at radius 2 is 1.78 bits per heavy atom. The lowest BCUT2D eigenvalue weighted by Crippen LogP contribution is -2.47. The first-order chi connectivity index (χ1) is 13.1. The minimum atomic E-state index is -0.973. The van der Waals surface area contributed by atoms with Crippen LogP contribution in [0.5, 0.6) is 0 Å². The second-order valence-electron chi connectivity index (χ2n) is 7.04. The number of unbranched alkanes of at least 4 members (excludes halogenated alkanes) is 1. The van der Waals surface area contributed by atoms with Crippen molar-refractivity contribution in [3.05, 3.63) is 59.7 Å². The fourth-order valence-electron chi connectivity index (χ4n) is 3.58. The third kappa shape index (κ3) is 4.03. The molecule has 0 unspecified atom stereocenters. The molecule has 1 amide bonds. The zero-order valence-electron chi connectivity index (χ0n) is 15.4. The first-order valence-corrected chi connectivity index (χ1v) is 9.11. The molecule has 4 heteroatoms. The summed E-state index contributed by atoms with van der Waals surface area (Å²) >= 11 is 0. The summed E-state index contributed by atoms with van der Waals surface area (Å²) in [4.78, 5) is 23.7. The molecule has 0 heterocycles.